The Hall–Kier alpha value is -2.40. The van der Waals surface area contributed by atoms with Gasteiger partial charge in [0.15, 0.2) is 0 Å². The number of benzene rings is 2. The van der Waals surface area contributed by atoms with Gasteiger partial charge in [-0.25, -0.2) is 0 Å². The Morgan fingerprint density at radius 2 is 1.85 bits per heavy atom. The SMILES string of the molecule is Cc1c(Oc2ccc([C@H](C)N)cc2)cccc1[N+](=O)[O-]. The van der Waals surface area contributed by atoms with Crippen LogP contribution in [-0.2, 0) is 0 Å². The summed E-state index contributed by atoms with van der Waals surface area (Å²) in [5, 5.41) is 10.9. The number of hydrogen-bond donors (Lipinski definition) is 1. The fraction of sp³-hybridized carbons (Fsp3) is 0.200. The number of nitrogens with two attached hydrogens (primary N) is 1. The van der Waals surface area contributed by atoms with Crippen LogP contribution in [0, 0.1) is 17.0 Å². The van der Waals surface area contributed by atoms with E-state index >= 15 is 0 Å². The second kappa shape index (κ2) is 5.71. The first-order chi connectivity index (χ1) is 9.49. The van der Waals surface area contributed by atoms with Crippen LogP contribution in [0.4, 0.5) is 5.69 Å². The van der Waals surface area contributed by atoms with Crippen molar-refractivity contribution in [3.63, 3.8) is 0 Å². The Balaban J connectivity index is 2.26. The summed E-state index contributed by atoms with van der Waals surface area (Å²) in [6, 6.07) is 12.1. The molecule has 0 saturated heterocycles. The minimum absolute atomic E-state index is 0.0383. The number of nitro groups is 1. The molecule has 0 unspecified atom stereocenters. The molecule has 0 heterocycles. The standard InChI is InChI=1S/C15H16N2O3/c1-10-14(17(18)19)4-3-5-15(10)20-13-8-6-12(7-9-13)11(2)16/h3-9,11H,16H2,1-2H3/t11-/m0/s1. The molecule has 5 heteroatoms. The largest absolute Gasteiger partial charge is 0.457 e. The molecular formula is C15H16N2O3. The third-order valence-electron chi connectivity index (χ3n) is 3.09. The first kappa shape index (κ1) is 14.0. The second-order valence-electron chi connectivity index (χ2n) is 4.62. The van der Waals surface area contributed by atoms with Gasteiger partial charge in [0.05, 0.1) is 10.5 Å². The van der Waals surface area contributed by atoms with E-state index in [1.165, 1.54) is 6.07 Å². The Bertz CT molecular complexity index is 622. The fourth-order valence-corrected chi connectivity index (χ4v) is 1.88. The van der Waals surface area contributed by atoms with Crippen LogP contribution in [0.1, 0.15) is 24.1 Å². The van der Waals surface area contributed by atoms with E-state index in [-0.39, 0.29) is 11.7 Å². The Morgan fingerprint density at radius 1 is 1.20 bits per heavy atom. The Labute approximate surface area is 117 Å². The van der Waals surface area contributed by atoms with Gasteiger partial charge >= 0.3 is 0 Å². The van der Waals surface area contributed by atoms with Gasteiger partial charge in [-0.2, -0.15) is 0 Å². The summed E-state index contributed by atoms with van der Waals surface area (Å²) >= 11 is 0. The molecule has 0 saturated carbocycles. The highest BCUT2D eigenvalue weighted by molar-refractivity contribution is 5.49. The van der Waals surface area contributed by atoms with E-state index in [9.17, 15) is 10.1 Å². The van der Waals surface area contributed by atoms with Crippen molar-refractivity contribution in [2.75, 3.05) is 0 Å². The summed E-state index contributed by atoms with van der Waals surface area (Å²) in [6.45, 7) is 3.57. The molecule has 0 amide bonds. The van der Waals surface area contributed by atoms with Crippen LogP contribution in [0.5, 0.6) is 11.5 Å². The summed E-state index contributed by atoms with van der Waals surface area (Å²) < 4.78 is 5.69. The predicted octanol–water partition coefficient (Wildman–Crippen LogP) is 3.72. The van der Waals surface area contributed by atoms with Gasteiger partial charge in [0.1, 0.15) is 11.5 Å². The van der Waals surface area contributed by atoms with Crippen molar-refractivity contribution in [3.8, 4) is 11.5 Å². The molecule has 0 aliphatic heterocycles. The van der Waals surface area contributed by atoms with Gasteiger partial charge in [0.25, 0.3) is 5.69 Å². The van der Waals surface area contributed by atoms with E-state index in [1.54, 1.807) is 31.2 Å². The lowest BCUT2D eigenvalue weighted by molar-refractivity contribution is -0.385. The molecule has 0 fully saturated rings. The quantitative estimate of drug-likeness (QED) is 0.679. The van der Waals surface area contributed by atoms with Gasteiger partial charge in [-0.1, -0.05) is 18.2 Å². The zero-order chi connectivity index (χ0) is 14.7. The summed E-state index contributed by atoms with van der Waals surface area (Å²) in [6.07, 6.45) is 0. The molecule has 104 valence electrons. The molecule has 0 radical (unpaired) electrons. The van der Waals surface area contributed by atoms with Crippen molar-refractivity contribution >= 4 is 5.69 Å². The number of nitro benzene ring substituents is 1. The molecule has 2 rings (SSSR count). The number of nitrogens with zero attached hydrogens (tertiary/aromatic N) is 1. The molecule has 2 aromatic rings. The summed E-state index contributed by atoms with van der Waals surface area (Å²) in [5.41, 5.74) is 7.34. The van der Waals surface area contributed by atoms with Gasteiger partial charge in [0.2, 0.25) is 0 Å². The highest BCUT2D eigenvalue weighted by Gasteiger charge is 2.14. The molecule has 20 heavy (non-hydrogen) atoms. The van der Waals surface area contributed by atoms with E-state index in [1.807, 2.05) is 19.1 Å². The molecule has 2 N–H and O–H groups in total. The Kier molecular flexibility index (Phi) is 4.00. The molecule has 5 nitrogen and oxygen atoms in total. The monoisotopic (exact) mass is 272 g/mol. The minimum Gasteiger partial charge on any atom is -0.457 e. The summed E-state index contributed by atoms with van der Waals surface area (Å²) in [4.78, 5) is 10.5. The third-order valence-corrected chi connectivity index (χ3v) is 3.09. The van der Waals surface area contributed by atoms with E-state index in [4.69, 9.17) is 10.5 Å². The van der Waals surface area contributed by atoms with E-state index < -0.39 is 4.92 Å². The molecular weight excluding hydrogens is 256 g/mol. The van der Waals surface area contributed by atoms with E-state index in [2.05, 4.69) is 0 Å². The van der Waals surface area contributed by atoms with Crippen molar-refractivity contribution in [2.45, 2.75) is 19.9 Å². The zero-order valence-electron chi connectivity index (χ0n) is 11.4. The van der Waals surface area contributed by atoms with Crippen LogP contribution in [0.3, 0.4) is 0 Å². The van der Waals surface area contributed by atoms with Crippen molar-refractivity contribution in [1.29, 1.82) is 0 Å². The maximum atomic E-state index is 10.9. The van der Waals surface area contributed by atoms with Crippen LogP contribution >= 0.6 is 0 Å². The van der Waals surface area contributed by atoms with E-state index in [0.717, 1.165) is 5.56 Å². The zero-order valence-corrected chi connectivity index (χ0v) is 11.4. The van der Waals surface area contributed by atoms with Gasteiger partial charge in [-0.05, 0) is 37.6 Å². The van der Waals surface area contributed by atoms with Crippen LogP contribution in [0.25, 0.3) is 0 Å². The van der Waals surface area contributed by atoms with Gasteiger partial charge in [0, 0.05) is 12.1 Å². The molecule has 2 aromatic carbocycles. The lowest BCUT2D eigenvalue weighted by Gasteiger charge is -2.10. The van der Waals surface area contributed by atoms with Gasteiger partial charge < -0.3 is 10.5 Å². The molecule has 0 bridgehead atoms. The van der Waals surface area contributed by atoms with E-state index in [0.29, 0.717) is 17.1 Å². The number of hydrogen-bond acceptors (Lipinski definition) is 4. The van der Waals surface area contributed by atoms with Gasteiger partial charge in [-0.15, -0.1) is 0 Å². The third kappa shape index (κ3) is 2.95. The normalized spacial score (nSPS) is 11.9. The maximum absolute atomic E-state index is 10.9. The Morgan fingerprint density at radius 3 is 2.40 bits per heavy atom. The molecule has 0 aliphatic rings. The van der Waals surface area contributed by atoms with Crippen LogP contribution < -0.4 is 10.5 Å². The average molecular weight is 272 g/mol. The molecule has 0 aliphatic carbocycles. The summed E-state index contributed by atoms with van der Waals surface area (Å²) in [5.74, 6) is 1.10. The van der Waals surface area contributed by atoms with Crippen molar-refractivity contribution in [3.05, 3.63) is 63.7 Å². The lowest BCUT2D eigenvalue weighted by Crippen LogP contribution is -2.04. The first-order valence-corrected chi connectivity index (χ1v) is 6.26. The minimum atomic E-state index is -0.415. The van der Waals surface area contributed by atoms with Crippen molar-refractivity contribution < 1.29 is 9.66 Å². The second-order valence-corrected chi connectivity index (χ2v) is 4.62. The average Bonchev–Trinajstić information content (AvgIpc) is 2.41. The summed E-state index contributed by atoms with van der Waals surface area (Å²) in [7, 11) is 0. The molecule has 0 aromatic heterocycles. The number of rotatable bonds is 4. The fourth-order valence-electron chi connectivity index (χ4n) is 1.88. The van der Waals surface area contributed by atoms with Crippen molar-refractivity contribution in [2.24, 2.45) is 5.73 Å². The predicted molar refractivity (Wildman–Crippen MR) is 77.0 cm³/mol. The highest BCUT2D eigenvalue weighted by Crippen LogP contribution is 2.31. The highest BCUT2D eigenvalue weighted by atomic mass is 16.6. The first-order valence-electron chi connectivity index (χ1n) is 6.26. The van der Waals surface area contributed by atoms with Crippen molar-refractivity contribution in [1.82, 2.24) is 0 Å². The van der Waals surface area contributed by atoms with Crippen LogP contribution in [0.2, 0.25) is 0 Å². The number of ether oxygens (including phenoxy) is 1. The van der Waals surface area contributed by atoms with Crippen LogP contribution in [0.15, 0.2) is 42.5 Å². The topological polar surface area (TPSA) is 78.4 Å². The smallest absolute Gasteiger partial charge is 0.276 e. The lowest BCUT2D eigenvalue weighted by atomic mass is 10.1. The molecule has 1 atom stereocenters. The van der Waals surface area contributed by atoms with Gasteiger partial charge in [-0.3, -0.25) is 10.1 Å². The maximum Gasteiger partial charge on any atom is 0.276 e. The van der Waals surface area contributed by atoms with Crippen LogP contribution in [-0.4, -0.2) is 4.92 Å². The molecule has 0 spiro atoms.